The van der Waals surface area contributed by atoms with Crippen molar-refractivity contribution in [2.45, 2.75) is 6.61 Å². The van der Waals surface area contributed by atoms with Crippen molar-refractivity contribution >= 4 is 15.9 Å². The highest BCUT2D eigenvalue weighted by atomic mass is 79.9. The lowest BCUT2D eigenvalue weighted by Gasteiger charge is -2.09. The Balaban J connectivity index is 3.13. The second kappa shape index (κ2) is 4.55. The number of rotatable bonds is 3. The summed E-state index contributed by atoms with van der Waals surface area (Å²) in [6, 6.07) is 2.88. The molecule has 3 nitrogen and oxygen atoms in total. The molecular formula is C8H9BrFNO2. The van der Waals surface area contributed by atoms with Crippen LogP contribution in [0.2, 0.25) is 0 Å². The van der Waals surface area contributed by atoms with E-state index in [1.807, 2.05) is 0 Å². The van der Waals surface area contributed by atoms with Crippen molar-refractivity contribution in [3.05, 3.63) is 28.0 Å². The second-order valence-corrected chi connectivity index (χ2v) is 3.16. The molecule has 0 aliphatic heterocycles. The molecule has 0 atom stereocenters. The maximum atomic E-state index is 13.0. The zero-order valence-electron chi connectivity index (χ0n) is 7.01. The maximum absolute atomic E-state index is 13.0. The number of halogens is 2. The maximum Gasteiger partial charge on any atom is 0.141 e. The highest BCUT2D eigenvalue weighted by Gasteiger charge is 2.11. The van der Waals surface area contributed by atoms with Crippen LogP contribution in [0, 0.1) is 5.82 Å². The molecule has 1 aromatic carbocycles. The molecule has 0 fully saturated rings. The van der Waals surface area contributed by atoms with E-state index in [9.17, 15) is 4.39 Å². The molecule has 0 bridgehead atoms. The Hall–Kier alpha value is -0.650. The fourth-order valence-corrected chi connectivity index (χ4v) is 1.54. The molecule has 5 heteroatoms. The van der Waals surface area contributed by atoms with Gasteiger partial charge in [0.15, 0.2) is 0 Å². The van der Waals surface area contributed by atoms with Gasteiger partial charge in [0.2, 0.25) is 0 Å². The molecule has 0 radical (unpaired) electrons. The predicted molar refractivity (Wildman–Crippen MR) is 49.6 cm³/mol. The van der Waals surface area contributed by atoms with E-state index in [1.165, 1.54) is 13.2 Å². The summed E-state index contributed by atoms with van der Waals surface area (Å²) >= 11 is 3.06. The Morgan fingerprint density at radius 3 is 2.77 bits per heavy atom. The fraction of sp³-hybridized carbons (Fsp3) is 0.250. The normalized spacial score (nSPS) is 10.2. The van der Waals surface area contributed by atoms with Crippen molar-refractivity contribution in [2.24, 2.45) is 5.90 Å². The molecule has 0 spiro atoms. The highest BCUT2D eigenvalue weighted by molar-refractivity contribution is 9.10. The van der Waals surface area contributed by atoms with Crippen LogP contribution in [0.3, 0.4) is 0 Å². The smallest absolute Gasteiger partial charge is 0.141 e. The van der Waals surface area contributed by atoms with Gasteiger partial charge in [-0.25, -0.2) is 10.3 Å². The number of benzene rings is 1. The third-order valence-corrected chi connectivity index (χ3v) is 2.31. The summed E-state index contributed by atoms with van der Waals surface area (Å²) in [4.78, 5) is 4.44. The second-order valence-electron chi connectivity index (χ2n) is 2.36. The van der Waals surface area contributed by atoms with Crippen LogP contribution < -0.4 is 10.6 Å². The summed E-state index contributed by atoms with van der Waals surface area (Å²) in [6.45, 7) is 0.183. The molecule has 1 aromatic rings. The van der Waals surface area contributed by atoms with Gasteiger partial charge >= 0.3 is 0 Å². The largest absolute Gasteiger partial charge is 0.495 e. The van der Waals surface area contributed by atoms with Crippen molar-refractivity contribution in [1.82, 2.24) is 0 Å². The van der Waals surface area contributed by atoms with Crippen LogP contribution in [0.15, 0.2) is 16.6 Å². The quantitative estimate of drug-likeness (QED) is 0.834. The molecule has 0 saturated carbocycles. The van der Waals surface area contributed by atoms with Crippen LogP contribution in [0.4, 0.5) is 4.39 Å². The lowest BCUT2D eigenvalue weighted by Crippen LogP contribution is -2.02. The number of hydrogen-bond donors (Lipinski definition) is 1. The average molecular weight is 250 g/mol. The fourth-order valence-electron chi connectivity index (χ4n) is 0.996. The molecule has 0 aliphatic carbocycles. The number of nitrogens with two attached hydrogens (primary N) is 1. The van der Waals surface area contributed by atoms with E-state index in [1.54, 1.807) is 6.07 Å². The Labute approximate surface area is 83.7 Å². The first-order chi connectivity index (χ1) is 6.20. The molecular weight excluding hydrogens is 241 g/mol. The zero-order valence-corrected chi connectivity index (χ0v) is 8.60. The van der Waals surface area contributed by atoms with Gasteiger partial charge in [0.25, 0.3) is 0 Å². The Kier molecular flexibility index (Phi) is 3.65. The van der Waals surface area contributed by atoms with Gasteiger partial charge in [-0.2, -0.15) is 0 Å². The van der Waals surface area contributed by atoms with Crippen molar-refractivity contribution in [3.8, 4) is 5.75 Å². The Bertz CT molecular complexity index is 306. The monoisotopic (exact) mass is 249 g/mol. The van der Waals surface area contributed by atoms with Gasteiger partial charge in [-0.05, 0) is 28.1 Å². The molecule has 1 rings (SSSR count). The average Bonchev–Trinajstić information content (AvgIpc) is 2.12. The number of hydrogen-bond acceptors (Lipinski definition) is 3. The van der Waals surface area contributed by atoms with Gasteiger partial charge in [-0.1, -0.05) is 0 Å². The third kappa shape index (κ3) is 2.18. The van der Waals surface area contributed by atoms with Gasteiger partial charge in [-0.15, -0.1) is 0 Å². The van der Waals surface area contributed by atoms with Crippen LogP contribution in [0.25, 0.3) is 0 Å². The molecule has 0 aliphatic rings. The summed E-state index contributed by atoms with van der Waals surface area (Å²) in [5.41, 5.74) is 0.693. The molecule has 0 saturated heterocycles. The molecule has 0 unspecified atom stereocenters. The lowest BCUT2D eigenvalue weighted by atomic mass is 10.2. The molecule has 72 valence electrons. The summed E-state index contributed by atoms with van der Waals surface area (Å²) in [5.74, 6) is 4.94. The van der Waals surface area contributed by atoms with Crippen LogP contribution in [-0.4, -0.2) is 7.11 Å². The van der Waals surface area contributed by atoms with Gasteiger partial charge in [0, 0.05) is 5.56 Å². The van der Waals surface area contributed by atoms with Crippen molar-refractivity contribution < 1.29 is 14.0 Å². The molecule has 13 heavy (non-hydrogen) atoms. The molecule has 0 aromatic heterocycles. The minimum atomic E-state index is -0.377. The first-order valence-electron chi connectivity index (χ1n) is 3.53. The lowest BCUT2D eigenvalue weighted by molar-refractivity contribution is 0.122. The van der Waals surface area contributed by atoms with Gasteiger partial charge in [0.05, 0.1) is 18.2 Å². The topological polar surface area (TPSA) is 44.5 Å². The summed E-state index contributed by atoms with van der Waals surface area (Å²) in [7, 11) is 1.46. The van der Waals surface area contributed by atoms with E-state index < -0.39 is 0 Å². The van der Waals surface area contributed by atoms with Crippen LogP contribution in [0.5, 0.6) is 5.75 Å². The van der Waals surface area contributed by atoms with Crippen molar-refractivity contribution in [1.29, 1.82) is 0 Å². The summed E-state index contributed by atoms with van der Waals surface area (Å²) in [5, 5.41) is 0. The van der Waals surface area contributed by atoms with E-state index in [0.29, 0.717) is 11.3 Å². The Morgan fingerprint density at radius 1 is 1.54 bits per heavy atom. The van der Waals surface area contributed by atoms with Gasteiger partial charge in [0.1, 0.15) is 11.6 Å². The summed E-state index contributed by atoms with van der Waals surface area (Å²) in [6.07, 6.45) is 0. The molecule has 0 amide bonds. The number of methoxy groups -OCH3 is 1. The van der Waals surface area contributed by atoms with E-state index in [4.69, 9.17) is 10.6 Å². The van der Waals surface area contributed by atoms with Crippen LogP contribution >= 0.6 is 15.9 Å². The van der Waals surface area contributed by atoms with E-state index in [2.05, 4.69) is 20.8 Å². The SMILES string of the molecule is COc1c(CON)ccc(F)c1Br. The van der Waals surface area contributed by atoms with E-state index in [0.717, 1.165) is 0 Å². The standard InChI is InChI=1S/C8H9BrFNO2/c1-12-8-5(4-13-11)2-3-6(10)7(8)9/h2-3H,4,11H2,1H3. The van der Waals surface area contributed by atoms with Crippen LogP contribution in [-0.2, 0) is 11.4 Å². The Morgan fingerprint density at radius 2 is 2.23 bits per heavy atom. The molecule has 2 N–H and O–H groups in total. The third-order valence-electron chi connectivity index (χ3n) is 1.57. The van der Waals surface area contributed by atoms with Crippen molar-refractivity contribution in [2.75, 3.05) is 7.11 Å². The molecule has 0 heterocycles. The van der Waals surface area contributed by atoms with Gasteiger partial charge in [-0.3, -0.25) is 4.84 Å². The van der Waals surface area contributed by atoms with Crippen molar-refractivity contribution in [3.63, 3.8) is 0 Å². The summed E-state index contributed by atoms with van der Waals surface area (Å²) < 4.78 is 18.3. The number of ether oxygens (including phenoxy) is 1. The first-order valence-corrected chi connectivity index (χ1v) is 4.32. The van der Waals surface area contributed by atoms with E-state index in [-0.39, 0.29) is 16.9 Å². The highest BCUT2D eigenvalue weighted by Crippen LogP contribution is 2.31. The zero-order chi connectivity index (χ0) is 9.84. The minimum absolute atomic E-state index is 0.183. The first kappa shape index (κ1) is 10.4. The van der Waals surface area contributed by atoms with Gasteiger partial charge < -0.3 is 4.74 Å². The van der Waals surface area contributed by atoms with Crippen LogP contribution in [0.1, 0.15) is 5.56 Å². The minimum Gasteiger partial charge on any atom is -0.495 e. The van der Waals surface area contributed by atoms with E-state index >= 15 is 0 Å². The predicted octanol–water partition coefficient (Wildman–Crippen LogP) is 1.99.